The fourth-order valence-electron chi connectivity index (χ4n) is 2.43. The molecule has 0 saturated heterocycles. The Hall–Kier alpha value is -1.69. The number of nitrogens with zero attached hydrogens (tertiary/aromatic N) is 1. The molecular formula is C15H20N2O. The van der Waals surface area contributed by atoms with Gasteiger partial charge in [-0.1, -0.05) is 13.0 Å². The quantitative estimate of drug-likeness (QED) is 0.880. The molecule has 3 heteroatoms. The van der Waals surface area contributed by atoms with Crippen molar-refractivity contribution in [1.29, 1.82) is 5.26 Å². The van der Waals surface area contributed by atoms with Gasteiger partial charge in [-0.2, -0.15) is 5.26 Å². The van der Waals surface area contributed by atoms with E-state index in [-0.39, 0.29) is 6.61 Å². The monoisotopic (exact) mass is 244 g/mol. The molecule has 0 aromatic heterocycles. The maximum atomic E-state index is 8.49. The van der Waals surface area contributed by atoms with Gasteiger partial charge in [-0.3, -0.25) is 0 Å². The highest BCUT2D eigenvalue weighted by Crippen LogP contribution is 2.27. The van der Waals surface area contributed by atoms with Gasteiger partial charge >= 0.3 is 0 Å². The molecule has 1 aromatic rings. The molecule has 18 heavy (non-hydrogen) atoms. The van der Waals surface area contributed by atoms with E-state index in [0.29, 0.717) is 6.04 Å². The van der Waals surface area contributed by atoms with Gasteiger partial charge in [0.15, 0.2) is 6.61 Å². The molecule has 96 valence electrons. The SMILES string of the molecule is CC1CCC(Nc2cccc(OCC#N)c2)CC1. The average molecular weight is 244 g/mol. The first-order chi connectivity index (χ1) is 8.78. The number of anilines is 1. The van der Waals surface area contributed by atoms with E-state index in [9.17, 15) is 0 Å². The first-order valence-corrected chi connectivity index (χ1v) is 6.64. The van der Waals surface area contributed by atoms with E-state index in [2.05, 4.69) is 18.3 Å². The lowest BCUT2D eigenvalue weighted by Crippen LogP contribution is -2.25. The molecule has 1 aromatic carbocycles. The van der Waals surface area contributed by atoms with Gasteiger partial charge in [-0.05, 0) is 43.7 Å². The Morgan fingerprint density at radius 3 is 2.83 bits per heavy atom. The fourth-order valence-corrected chi connectivity index (χ4v) is 2.43. The maximum Gasteiger partial charge on any atom is 0.174 e. The standard InChI is InChI=1S/C15H20N2O/c1-12-5-7-13(8-6-12)17-14-3-2-4-15(11-14)18-10-9-16/h2-4,11-13,17H,5-8,10H2,1H3. The lowest BCUT2D eigenvalue weighted by molar-refractivity contribution is 0.360. The van der Waals surface area contributed by atoms with Crippen molar-refractivity contribution in [2.75, 3.05) is 11.9 Å². The van der Waals surface area contributed by atoms with Crippen LogP contribution in [0, 0.1) is 17.2 Å². The molecule has 0 atom stereocenters. The molecule has 0 unspecified atom stereocenters. The number of rotatable bonds is 4. The van der Waals surface area contributed by atoms with Crippen LogP contribution in [0.5, 0.6) is 5.75 Å². The van der Waals surface area contributed by atoms with E-state index in [1.807, 2.05) is 24.3 Å². The van der Waals surface area contributed by atoms with Gasteiger partial charge in [0.1, 0.15) is 11.8 Å². The Labute approximate surface area is 109 Å². The minimum atomic E-state index is 0.102. The van der Waals surface area contributed by atoms with Crippen LogP contribution in [-0.4, -0.2) is 12.6 Å². The van der Waals surface area contributed by atoms with Gasteiger partial charge < -0.3 is 10.1 Å². The van der Waals surface area contributed by atoms with E-state index in [1.165, 1.54) is 25.7 Å². The molecule has 3 nitrogen and oxygen atoms in total. The third-order valence-electron chi connectivity index (χ3n) is 3.52. The largest absolute Gasteiger partial charge is 0.479 e. The van der Waals surface area contributed by atoms with Gasteiger partial charge in [0.25, 0.3) is 0 Å². The van der Waals surface area contributed by atoms with Crippen LogP contribution in [0.1, 0.15) is 32.6 Å². The number of hydrogen-bond donors (Lipinski definition) is 1. The van der Waals surface area contributed by atoms with Crippen LogP contribution in [0.2, 0.25) is 0 Å². The second-order valence-corrected chi connectivity index (χ2v) is 5.08. The molecule has 0 bridgehead atoms. The average Bonchev–Trinajstić information content (AvgIpc) is 2.40. The fraction of sp³-hybridized carbons (Fsp3) is 0.533. The molecule has 0 aliphatic heterocycles. The summed E-state index contributed by atoms with van der Waals surface area (Å²) in [6.45, 7) is 2.43. The number of benzene rings is 1. The first kappa shape index (κ1) is 12.8. The third-order valence-corrected chi connectivity index (χ3v) is 3.52. The molecule has 1 saturated carbocycles. The minimum absolute atomic E-state index is 0.102. The smallest absolute Gasteiger partial charge is 0.174 e. The van der Waals surface area contributed by atoms with Crippen molar-refractivity contribution in [1.82, 2.24) is 0 Å². The molecule has 2 rings (SSSR count). The lowest BCUT2D eigenvalue weighted by Gasteiger charge is -2.27. The number of hydrogen-bond acceptors (Lipinski definition) is 3. The first-order valence-electron chi connectivity index (χ1n) is 6.64. The Balaban J connectivity index is 1.91. The summed E-state index contributed by atoms with van der Waals surface area (Å²) in [5, 5.41) is 12.0. The van der Waals surface area contributed by atoms with Crippen LogP contribution in [-0.2, 0) is 0 Å². The van der Waals surface area contributed by atoms with Crippen molar-refractivity contribution >= 4 is 5.69 Å². The minimum Gasteiger partial charge on any atom is -0.479 e. The Kier molecular flexibility index (Phi) is 4.46. The Morgan fingerprint density at radius 2 is 2.11 bits per heavy atom. The highest BCUT2D eigenvalue weighted by molar-refractivity contribution is 5.48. The number of nitrogens with one attached hydrogen (secondary N) is 1. The molecule has 0 spiro atoms. The summed E-state index contributed by atoms with van der Waals surface area (Å²) in [5.74, 6) is 1.62. The summed E-state index contributed by atoms with van der Waals surface area (Å²) >= 11 is 0. The molecule has 1 N–H and O–H groups in total. The van der Waals surface area contributed by atoms with Crippen LogP contribution in [0.15, 0.2) is 24.3 Å². The van der Waals surface area contributed by atoms with Crippen LogP contribution in [0.3, 0.4) is 0 Å². The van der Waals surface area contributed by atoms with Gasteiger partial charge in [0.05, 0.1) is 0 Å². The van der Waals surface area contributed by atoms with E-state index in [0.717, 1.165) is 17.4 Å². The topological polar surface area (TPSA) is 45.0 Å². The normalized spacial score (nSPS) is 23.1. The second kappa shape index (κ2) is 6.30. The van der Waals surface area contributed by atoms with E-state index >= 15 is 0 Å². The zero-order valence-corrected chi connectivity index (χ0v) is 10.9. The van der Waals surface area contributed by atoms with Crippen molar-refractivity contribution in [2.24, 2.45) is 5.92 Å². The van der Waals surface area contributed by atoms with Crippen LogP contribution in [0.4, 0.5) is 5.69 Å². The highest BCUT2D eigenvalue weighted by Gasteiger charge is 2.17. The van der Waals surface area contributed by atoms with E-state index < -0.39 is 0 Å². The summed E-state index contributed by atoms with van der Waals surface area (Å²) in [7, 11) is 0. The van der Waals surface area contributed by atoms with Gasteiger partial charge in [-0.25, -0.2) is 0 Å². The summed E-state index contributed by atoms with van der Waals surface area (Å²) in [6.07, 6.45) is 5.10. The van der Waals surface area contributed by atoms with E-state index in [1.54, 1.807) is 0 Å². The molecule has 0 heterocycles. The van der Waals surface area contributed by atoms with Gasteiger partial charge in [0, 0.05) is 17.8 Å². The molecule has 1 aliphatic carbocycles. The summed E-state index contributed by atoms with van der Waals surface area (Å²) in [5.41, 5.74) is 1.09. The van der Waals surface area contributed by atoms with Crippen LogP contribution < -0.4 is 10.1 Å². The van der Waals surface area contributed by atoms with Gasteiger partial charge in [-0.15, -0.1) is 0 Å². The van der Waals surface area contributed by atoms with Crippen molar-refractivity contribution in [3.8, 4) is 11.8 Å². The Bertz CT molecular complexity index is 417. The second-order valence-electron chi connectivity index (χ2n) is 5.08. The predicted molar refractivity (Wildman–Crippen MR) is 72.6 cm³/mol. The maximum absolute atomic E-state index is 8.49. The highest BCUT2D eigenvalue weighted by atomic mass is 16.5. The lowest BCUT2D eigenvalue weighted by atomic mass is 9.87. The summed E-state index contributed by atoms with van der Waals surface area (Å²) in [4.78, 5) is 0. The van der Waals surface area contributed by atoms with Crippen molar-refractivity contribution in [3.05, 3.63) is 24.3 Å². The third kappa shape index (κ3) is 3.66. The van der Waals surface area contributed by atoms with Crippen molar-refractivity contribution in [2.45, 2.75) is 38.6 Å². The van der Waals surface area contributed by atoms with E-state index in [4.69, 9.17) is 10.00 Å². The number of ether oxygens (including phenoxy) is 1. The van der Waals surface area contributed by atoms with Crippen molar-refractivity contribution < 1.29 is 4.74 Å². The zero-order chi connectivity index (χ0) is 12.8. The van der Waals surface area contributed by atoms with Crippen LogP contribution in [0.25, 0.3) is 0 Å². The predicted octanol–water partition coefficient (Wildman–Crippen LogP) is 3.58. The van der Waals surface area contributed by atoms with Gasteiger partial charge in [0.2, 0.25) is 0 Å². The zero-order valence-electron chi connectivity index (χ0n) is 10.9. The molecule has 0 radical (unpaired) electrons. The molecular weight excluding hydrogens is 224 g/mol. The Morgan fingerprint density at radius 1 is 1.33 bits per heavy atom. The number of nitriles is 1. The van der Waals surface area contributed by atoms with Crippen molar-refractivity contribution in [3.63, 3.8) is 0 Å². The molecule has 1 fully saturated rings. The molecule has 0 amide bonds. The summed E-state index contributed by atoms with van der Waals surface area (Å²) in [6, 6.07) is 10.4. The molecule has 1 aliphatic rings. The summed E-state index contributed by atoms with van der Waals surface area (Å²) < 4.78 is 5.30. The van der Waals surface area contributed by atoms with Crippen LogP contribution >= 0.6 is 0 Å².